The summed E-state index contributed by atoms with van der Waals surface area (Å²) < 4.78 is 11.4. The van der Waals surface area contributed by atoms with Crippen molar-refractivity contribution in [2.45, 2.75) is 31.8 Å². The highest BCUT2D eigenvalue weighted by Gasteiger charge is 2.30. The van der Waals surface area contributed by atoms with Gasteiger partial charge in [0.05, 0.1) is 6.61 Å². The van der Waals surface area contributed by atoms with Crippen molar-refractivity contribution in [2.24, 2.45) is 5.92 Å². The maximum atomic E-state index is 12.4. The van der Waals surface area contributed by atoms with Crippen LogP contribution < -0.4 is 9.64 Å². The third-order valence-corrected chi connectivity index (χ3v) is 5.02. The van der Waals surface area contributed by atoms with Gasteiger partial charge in [0, 0.05) is 45.0 Å². The Morgan fingerprint density at radius 2 is 2.08 bits per heavy atom. The molecular formula is C18H25N3O3. The summed E-state index contributed by atoms with van der Waals surface area (Å²) in [6, 6.07) is 3.93. The zero-order valence-electron chi connectivity index (χ0n) is 14.0. The lowest BCUT2D eigenvalue weighted by Crippen LogP contribution is -2.51. The number of ether oxygens (including phenoxy) is 2. The van der Waals surface area contributed by atoms with E-state index in [-0.39, 0.29) is 12.0 Å². The summed E-state index contributed by atoms with van der Waals surface area (Å²) in [7, 11) is 0. The van der Waals surface area contributed by atoms with Gasteiger partial charge >= 0.3 is 0 Å². The molecule has 3 heterocycles. The molecule has 3 fully saturated rings. The maximum Gasteiger partial charge on any atom is 0.251 e. The van der Waals surface area contributed by atoms with Crippen LogP contribution in [0.2, 0.25) is 0 Å². The number of hydrogen-bond acceptors (Lipinski definition) is 5. The molecule has 3 aliphatic rings. The van der Waals surface area contributed by atoms with E-state index in [2.05, 4.69) is 9.88 Å². The molecule has 6 nitrogen and oxygen atoms in total. The smallest absolute Gasteiger partial charge is 0.251 e. The summed E-state index contributed by atoms with van der Waals surface area (Å²) >= 11 is 0. The van der Waals surface area contributed by atoms with Crippen LogP contribution in [0.3, 0.4) is 0 Å². The molecule has 1 atom stereocenters. The first-order chi connectivity index (χ1) is 11.8. The summed E-state index contributed by atoms with van der Waals surface area (Å²) in [4.78, 5) is 21.0. The van der Waals surface area contributed by atoms with Crippen molar-refractivity contribution in [3.05, 3.63) is 18.3 Å². The van der Waals surface area contributed by atoms with E-state index in [1.165, 1.54) is 12.8 Å². The van der Waals surface area contributed by atoms with Crippen molar-refractivity contribution in [3.8, 4) is 5.75 Å². The Hall–Kier alpha value is -1.82. The Kier molecular flexibility index (Phi) is 4.56. The quantitative estimate of drug-likeness (QED) is 0.822. The number of aromatic nitrogens is 1. The van der Waals surface area contributed by atoms with Crippen LogP contribution in [0.5, 0.6) is 5.75 Å². The minimum absolute atomic E-state index is 0.154. The standard InChI is InChI=1S/C18H25N3O3/c22-18(16-2-1-11-23-16)21-9-7-20(8-10-21)17-12-15(5-6-19-17)24-13-14-3-4-14/h5-6,12,14,16H,1-4,7-11,13H2/t16-/m0/s1. The molecule has 0 unspecified atom stereocenters. The van der Waals surface area contributed by atoms with Gasteiger partial charge in [-0.3, -0.25) is 4.79 Å². The van der Waals surface area contributed by atoms with Gasteiger partial charge in [-0.15, -0.1) is 0 Å². The van der Waals surface area contributed by atoms with Gasteiger partial charge in [-0.05, 0) is 37.7 Å². The van der Waals surface area contributed by atoms with Gasteiger partial charge in [-0.25, -0.2) is 4.98 Å². The SMILES string of the molecule is O=C([C@@H]1CCCO1)N1CCN(c2cc(OCC3CC3)ccn2)CC1. The van der Waals surface area contributed by atoms with Crippen LogP contribution in [0.15, 0.2) is 18.3 Å². The second-order valence-corrected chi connectivity index (χ2v) is 6.92. The highest BCUT2D eigenvalue weighted by atomic mass is 16.5. The van der Waals surface area contributed by atoms with Crippen LogP contribution in [-0.2, 0) is 9.53 Å². The Morgan fingerprint density at radius 1 is 1.25 bits per heavy atom. The summed E-state index contributed by atoms with van der Waals surface area (Å²) in [6.07, 6.45) is 6.03. The molecule has 130 valence electrons. The fourth-order valence-electron chi connectivity index (χ4n) is 3.29. The molecule has 24 heavy (non-hydrogen) atoms. The summed E-state index contributed by atoms with van der Waals surface area (Å²) in [5, 5.41) is 0. The first-order valence-corrected chi connectivity index (χ1v) is 9.04. The average Bonchev–Trinajstić information content (AvgIpc) is 3.31. The van der Waals surface area contributed by atoms with E-state index in [0.29, 0.717) is 6.61 Å². The van der Waals surface area contributed by atoms with Gasteiger partial charge < -0.3 is 19.3 Å². The van der Waals surface area contributed by atoms with E-state index in [4.69, 9.17) is 9.47 Å². The molecular weight excluding hydrogens is 306 g/mol. The van der Waals surface area contributed by atoms with Crippen molar-refractivity contribution in [1.82, 2.24) is 9.88 Å². The van der Waals surface area contributed by atoms with Gasteiger partial charge in [0.15, 0.2) is 0 Å². The number of pyridine rings is 1. The maximum absolute atomic E-state index is 12.4. The molecule has 0 N–H and O–H groups in total. The first kappa shape index (κ1) is 15.7. The van der Waals surface area contributed by atoms with Crippen molar-refractivity contribution in [3.63, 3.8) is 0 Å². The highest BCUT2D eigenvalue weighted by Crippen LogP contribution is 2.30. The van der Waals surface area contributed by atoms with Gasteiger partial charge in [0.1, 0.15) is 17.7 Å². The Bertz CT molecular complexity index is 577. The number of hydrogen-bond donors (Lipinski definition) is 0. The van der Waals surface area contributed by atoms with Gasteiger partial charge in [-0.1, -0.05) is 0 Å². The fourth-order valence-corrected chi connectivity index (χ4v) is 3.29. The van der Waals surface area contributed by atoms with E-state index < -0.39 is 0 Å². The van der Waals surface area contributed by atoms with Crippen LogP contribution in [0.4, 0.5) is 5.82 Å². The predicted molar refractivity (Wildman–Crippen MR) is 90.2 cm³/mol. The number of amides is 1. The molecule has 2 saturated heterocycles. The van der Waals surface area contributed by atoms with E-state index >= 15 is 0 Å². The fraction of sp³-hybridized carbons (Fsp3) is 0.667. The first-order valence-electron chi connectivity index (χ1n) is 9.04. The molecule has 2 aliphatic heterocycles. The third-order valence-electron chi connectivity index (χ3n) is 5.02. The van der Waals surface area contributed by atoms with Crippen molar-refractivity contribution < 1.29 is 14.3 Å². The van der Waals surface area contributed by atoms with Crippen LogP contribution >= 0.6 is 0 Å². The molecule has 1 aliphatic carbocycles. The monoisotopic (exact) mass is 331 g/mol. The molecule has 0 bridgehead atoms. The van der Waals surface area contributed by atoms with Crippen molar-refractivity contribution >= 4 is 11.7 Å². The molecule has 1 saturated carbocycles. The van der Waals surface area contributed by atoms with Crippen LogP contribution in [-0.4, -0.2) is 61.3 Å². The number of anilines is 1. The van der Waals surface area contributed by atoms with Crippen LogP contribution in [0.1, 0.15) is 25.7 Å². The predicted octanol–water partition coefficient (Wildman–Crippen LogP) is 1.70. The second kappa shape index (κ2) is 6.97. The minimum atomic E-state index is -0.214. The van der Waals surface area contributed by atoms with E-state index in [0.717, 1.165) is 63.1 Å². The Labute approximate surface area is 142 Å². The van der Waals surface area contributed by atoms with Gasteiger partial charge in [0.2, 0.25) is 0 Å². The molecule has 4 rings (SSSR count). The Morgan fingerprint density at radius 3 is 2.79 bits per heavy atom. The topological polar surface area (TPSA) is 54.9 Å². The number of carbonyl (C=O) groups is 1. The molecule has 1 amide bonds. The number of rotatable bonds is 5. The molecule has 0 radical (unpaired) electrons. The lowest BCUT2D eigenvalue weighted by Gasteiger charge is -2.36. The molecule has 0 spiro atoms. The van der Waals surface area contributed by atoms with E-state index in [9.17, 15) is 4.79 Å². The molecule has 0 aromatic carbocycles. The zero-order valence-corrected chi connectivity index (χ0v) is 14.0. The van der Waals surface area contributed by atoms with E-state index in [1.807, 2.05) is 23.2 Å². The normalized spacial score (nSPS) is 24.2. The van der Waals surface area contributed by atoms with Crippen molar-refractivity contribution in [1.29, 1.82) is 0 Å². The lowest BCUT2D eigenvalue weighted by molar-refractivity contribution is -0.141. The third kappa shape index (κ3) is 3.64. The van der Waals surface area contributed by atoms with Gasteiger partial charge in [-0.2, -0.15) is 0 Å². The summed E-state index contributed by atoms with van der Waals surface area (Å²) in [5.41, 5.74) is 0. The largest absolute Gasteiger partial charge is 0.493 e. The minimum Gasteiger partial charge on any atom is -0.493 e. The zero-order chi connectivity index (χ0) is 16.4. The van der Waals surface area contributed by atoms with Crippen LogP contribution in [0, 0.1) is 5.92 Å². The number of carbonyl (C=O) groups excluding carboxylic acids is 1. The lowest BCUT2D eigenvalue weighted by atomic mass is 10.2. The second-order valence-electron chi connectivity index (χ2n) is 6.92. The molecule has 1 aromatic rings. The highest BCUT2D eigenvalue weighted by molar-refractivity contribution is 5.81. The van der Waals surface area contributed by atoms with Crippen LogP contribution in [0.25, 0.3) is 0 Å². The number of piperazine rings is 1. The Balaban J connectivity index is 1.31. The average molecular weight is 331 g/mol. The van der Waals surface area contributed by atoms with E-state index in [1.54, 1.807) is 0 Å². The summed E-state index contributed by atoms with van der Waals surface area (Å²) in [5.74, 6) is 2.73. The molecule has 6 heteroatoms. The van der Waals surface area contributed by atoms with Crippen molar-refractivity contribution in [2.75, 3.05) is 44.3 Å². The number of nitrogens with zero attached hydrogens (tertiary/aromatic N) is 3. The van der Waals surface area contributed by atoms with Gasteiger partial charge in [0.25, 0.3) is 5.91 Å². The summed E-state index contributed by atoms with van der Waals surface area (Å²) in [6.45, 7) is 4.59. The molecule has 1 aromatic heterocycles.